The Morgan fingerprint density at radius 3 is 2.62 bits per heavy atom. The van der Waals surface area contributed by atoms with Crippen LogP contribution in [0, 0.1) is 5.82 Å². The number of aliphatic imine (C=N–C) groups is 1. The van der Waals surface area contributed by atoms with Gasteiger partial charge in [0.05, 0.1) is 18.2 Å². The number of rotatable bonds is 6. The highest BCUT2D eigenvalue weighted by Crippen LogP contribution is 2.38. The van der Waals surface area contributed by atoms with E-state index in [2.05, 4.69) is 20.6 Å². The smallest absolute Gasteiger partial charge is 0.413 e. The van der Waals surface area contributed by atoms with Gasteiger partial charge in [-0.2, -0.15) is 0 Å². The van der Waals surface area contributed by atoms with Crippen LogP contribution in [0.2, 0.25) is 5.02 Å². The van der Waals surface area contributed by atoms with Crippen molar-refractivity contribution in [2.75, 3.05) is 25.6 Å². The minimum Gasteiger partial charge on any atom is -0.444 e. The molecule has 1 atom stereocenters. The first-order chi connectivity index (χ1) is 17.3. The molecule has 2 N–H and O–H groups in total. The molecule has 3 rings (SSSR count). The Bertz CT molecular complexity index is 1210. The monoisotopic (exact) mass is 542 g/mol. The third kappa shape index (κ3) is 6.96. The molecule has 2 heterocycles. The molecule has 1 aliphatic heterocycles. The number of benzene rings is 1. The van der Waals surface area contributed by atoms with Crippen LogP contribution in [0.3, 0.4) is 0 Å². The fraction of sp³-hybridized carbons (Fsp3) is 0.417. The molecule has 2 amide bonds. The van der Waals surface area contributed by atoms with E-state index in [0.717, 1.165) is 12.1 Å². The van der Waals surface area contributed by atoms with Gasteiger partial charge in [-0.05, 0) is 45.0 Å². The summed E-state index contributed by atoms with van der Waals surface area (Å²) in [6.45, 7) is 3.96. The van der Waals surface area contributed by atoms with E-state index in [0.29, 0.717) is 5.56 Å². The maximum Gasteiger partial charge on any atom is 0.413 e. The third-order valence-electron chi connectivity index (χ3n) is 5.04. The molecule has 1 aromatic carbocycles. The summed E-state index contributed by atoms with van der Waals surface area (Å²) in [5, 5.41) is 5.08. The van der Waals surface area contributed by atoms with E-state index in [1.165, 1.54) is 25.4 Å². The van der Waals surface area contributed by atoms with Gasteiger partial charge in [0.2, 0.25) is 0 Å². The number of methoxy groups -OCH3 is 1. The summed E-state index contributed by atoms with van der Waals surface area (Å²) >= 11 is 5.94. The number of pyridine rings is 1. The van der Waals surface area contributed by atoms with Crippen molar-refractivity contribution < 1.29 is 37.0 Å². The van der Waals surface area contributed by atoms with Crippen molar-refractivity contribution in [2.45, 2.75) is 44.9 Å². The number of ether oxygens (including phenoxy) is 3. The van der Waals surface area contributed by atoms with E-state index >= 15 is 0 Å². The summed E-state index contributed by atoms with van der Waals surface area (Å²) in [5.74, 6) is -1.96. The molecule has 0 radical (unpaired) electrons. The summed E-state index contributed by atoms with van der Waals surface area (Å²) in [6.07, 6.45) is -2.89. The number of halogens is 4. The van der Waals surface area contributed by atoms with Gasteiger partial charge >= 0.3 is 6.09 Å². The number of aromatic nitrogens is 1. The number of carbonyl (C=O) groups is 2. The zero-order chi connectivity index (χ0) is 27.4. The molecule has 0 fully saturated rings. The number of carbonyl (C=O) groups excluding carboxylic acids is 2. The lowest BCUT2D eigenvalue weighted by Crippen LogP contribution is -2.48. The Morgan fingerprint density at radius 1 is 1.24 bits per heavy atom. The van der Waals surface area contributed by atoms with E-state index in [9.17, 15) is 22.8 Å². The number of amides is 2. The second-order valence-corrected chi connectivity index (χ2v) is 9.58. The van der Waals surface area contributed by atoms with Gasteiger partial charge in [0.25, 0.3) is 12.3 Å². The Kier molecular flexibility index (Phi) is 8.77. The molecule has 2 aromatic rings. The molecule has 1 aliphatic rings. The van der Waals surface area contributed by atoms with E-state index in [-0.39, 0.29) is 35.5 Å². The predicted octanol–water partition coefficient (Wildman–Crippen LogP) is 4.69. The maximum atomic E-state index is 14.9. The van der Waals surface area contributed by atoms with Crippen molar-refractivity contribution in [3.8, 4) is 0 Å². The van der Waals surface area contributed by atoms with Crippen LogP contribution in [-0.4, -0.2) is 55.2 Å². The number of hydrogen-bond acceptors (Lipinski definition) is 7. The summed E-state index contributed by atoms with van der Waals surface area (Å²) < 4.78 is 59.2. The SMILES string of the molecule is COCc1cc(Cl)cnc1C(=O)Nc1ccc(F)c([C@]2(C(F)F)COCC(NC(=O)OC(C)(C)C)=N2)c1. The van der Waals surface area contributed by atoms with Gasteiger partial charge < -0.3 is 19.5 Å². The van der Waals surface area contributed by atoms with Crippen molar-refractivity contribution in [1.82, 2.24) is 10.3 Å². The van der Waals surface area contributed by atoms with E-state index < -0.39 is 47.6 Å². The first-order valence-corrected chi connectivity index (χ1v) is 11.4. The van der Waals surface area contributed by atoms with Gasteiger partial charge in [-0.25, -0.2) is 27.9 Å². The molecule has 200 valence electrons. The fourth-order valence-corrected chi connectivity index (χ4v) is 3.72. The first kappa shape index (κ1) is 28.4. The number of alkyl carbamates (subject to hydrolysis) is 1. The lowest BCUT2D eigenvalue weighted by molar-refractivity contribution is -0.0156. The topological polar surface area (TPSA) is 111 Å². The molecule has 9 nitrogen and oxygen atoms in total. The Labute approximate surface area is 216 Å². The number of anilines is 1. The first-order valence-electron chi connectivity index (χ1n) is 11.0. The number of nitrogens with one attached hydrogen (secondary N) is 2. The average molecular weight is 543 g/mol. The number of hydrogen-bond donors (Lipinski definition) is 2. The van der Waals surface area contributed by atoms with Gasteiger partial charge in [0, 0.05) is 30.1 Å². The number of nitrogens with zero attached hydrogens (tertiary/aromatic N) is 2. The summed E-state index contributed by atoms with van der Waals surface area (Å²) in [6, 6.07) is 4.66. The van der Waals surface area contributed by atoms with Crippen LogP contribution in [0.4, 0.5) is 23.7 Å². The van der Waals surface area contributed by atoms with Gasteiger partial charge in [-0.3, -0.25) is 10.1 Å². The second kappa shape index (κ2) is 11.4. The van der Waals surface area contributed by atoms with Gasteiger partial charge in [0.15, 0.2) is 5.54 Å². The Hall–Kier alpha value is -3.22. The molecule has 0 spiro atoms. The second-order valence-electron chi connectivity index (χ2n) is 9.15. The normalized spacial score (nSPS) is 17.8. The molecule has 37 heavy (non-hydrogen) atoms. The van der Waals surface area contributed by atoms with Crippen LogP contribution in [0.15, 0.2) is 35.5 Å². The van der Waals surface area contributed by atoms with Gasteiger partial charge in [-0.15, -0.1) is 0 Å². The predicted molar refractivity (Wildman–Crippen MR) is 130 cm³/mol. The van der Waals surface area contributed by atoms with Crippen LogP contribution in [0.25, 0.3) is 0 Å². The highest BCUT2D eigenvalue weighted by molar-refractivity contribution is 6.30. The molecule has 0 unspecified atom stereocenters. The Morgan fingerprint density at radius 2 is 1.97 bits per heavy atom. The summed E-state index contributed by atoms with van der Waals surface area (Å²) in [4.78, 5) is 33.0. The van der Waals surface area contributed by atoms with E-state index in [4.69, 9.17) is 25.8 Å². The minimum absolute atomic E-state index is 0.00367. The highest BCUT2D eigenvalue weighted by Gasteiger charge is 2.47. The van der Waals surface area contributed by atoms with Crippen LogP contribution >= 0.6 is 11.6 Å². The molecular formula is C24H26ClF3N4O5. The fourth-order valence-electron chi connectivity index (χ4n) is 3.54. The minimum atomic E-state index is -3.23. The zero-order valence-electron chi connectivity index (χ0n) is 20.5. The van der Waals surface area contributed by atoms with Crippen molar-refractivity contribution in [2.24, 2.45) is 4.99 Å². The standard InChI is InChI=1S/C24H26ClF3N4O5/c1-23(2,3)37-22(34)31-18-11-36-12-24(32-18,21(27)28)16-8-15(5-6-17(16)26)30-20(33)19-13(10-35-4)7-14(25)9-29-19/h5-9,21H,10-12H2,1-4H3,(H,30,33)(H,31,32,34)/t24-/m0/s1. The number of amidine groups is 1. The summed E-state index contributed by atoms with van der Waals surface area (Å²) in [7, 11) is 1.43. The van der Waals surface area contributed by atoms with Gasteiger partial charge in [0.1, 0.15) is 29.6 Å². The molecule has 0 bridgehead atoms. The molecule has 1 aromatic heterocycles. The van der Waals surface area contributed by atoms with Gasteiger partial charge in [-0.1, -0.05) is 11.6 Å². The highest BCUT2D eigenvalue weighted by atomic mass is 35.5. The van der Waals surface area contributed by atoms with E-state index in [1.54, 1.807) is 20.8 Å². The summed E-state index contributed by atoms with van der Waals surface area (Å²) in [5.41, 5.74) is -3.49. The maximum absolute atomic E-state index is 14.9. The van der Waals surface area contributed by atoms with Crippen LogP contribution in [0.5, 0.6) is 0 Å². The lowest BCUT2D eigenvalue weighted by Gasteiger charge is -2.34. The zero-order valence-corrected chi connectivity index (χ0v) is 21.3. The van der Waals surface area contributed by atoms with Crippen LogP contribution in [-0.2, 0) is 26.4 Å². The largest absolute Gasteiger partial charge is 0.444 e. The van der Waals surface area contributed by atoms with Crippen LogP contribution in [0.1, 0.15) is 42.4 Å². The third-order valence-corrected chi connectivity index (χ3v) is 5.25. The van der Waals surface area contributed by atoms with Crippen molar-refractivity contribution in [3.05, 3.63) is 58.1 Å². The molecular weight excluding hydrogens is 517 g/mol. The van der Waals surface area contributed by atoms with E-state index in [1.807, 2.05) is 0 Å². The quantitative estimate of drug-likeness (QED) is 0.548. The molecule has 0 aliphatic carbocycles. The number of alkyl halides is 2. The molecule has 0 saturated heterocycles. The van der Waals surface area contributed by atoms with Crippen molar-refractivity contribution >= 4 is 35.1 Å². The molecule has 0 saturated carbocycles. The van der Waals surface area contributed by atoms with Crippen molar-refractivity contribution in [1.29, 1.82) is 0 Å². The Balaban J connectivity index is 1.94. The van der Waals surface area contributed by atoms with Crippen molar-refractivity contribution in [3.63, 3.8) is 0 Å². The lowest BCUT2D eigenvalue weighted by atomic mass is 9.90. The van der Waals surface area contributed by atoms with Crippen LogP contribution < -0.4 is 10.6 Å². The average Bonchev–Trinajstić information content (AvgIpc) is 2.79. The molecule has 13 heteroatoms.